The van der Waals surface area contributed by atoms with Crippen molar-refractivity contribution < 1.29 is 9.18 Å². The number of hydrogen-bond acceptors (Lipinski definition) is 3. The largest absolute Gasteiger partial charge is 0.363 e. The zero-order chi connectivity index (χ0) is 15.9. The van der Waals surface area contributed by atoms with E-state index in [4.69, 9.17) is 11.6 Å². The minimum atomic E-state index is -0.367. The predicted octanol–water partition coefficient (Wildman–Crippen LogP) is 3.79. The van der Waals surface area contributed by atoms with Crippen molar-refractivity contribution in [3.8, 4) is 0 Å². The fourth-order valence-electron chi connectivity index (χ4n) is 3.87. The zero-order valence-corrected chi connectivity index (χ0v) is 13.8. The number of nitrogens with one attached hydrogen (secondary N) is 1. The second-order valence-corrected chi connectivity index (χ2v) is 7.46. The summed E-state index contributed by atoms with van der Waals surface area (Å²) in [7, 11) is 0. The Morgan fingerprint density at radius 1 is 1.36 bits per heavy atom. The van der Waals surface area contributed by atoms with E-state index in [1.165, 1.54) is 18.9 Å². The SMILES string of the molecule is CC1(C)CN(c2cc(Cl)c(C=O)cc2F)[C@@H]2CCCC[C@H]2N1. The van der Waals surface area contributed by atoms with Gasteiger partial charge in [-0.15, -0.1) is 0 Å². The number of halogens is 2. The van der Waals surface area contributed by atoms with E-state index in [2.05, 4.69) is 24.1 Å². The number of hydrogen-bond donors (Lipinski definition) is 1. The fourth-order valence-corrected chi connectivity index (χ4v) is 4.07. The van der Waals surface area contributed by atoms with Gasteiger partial charge in [-0.2, -0.15) is 0 Å². The van der Waals surface area contributed by atoms with Gasteiger partial charge in [-0.25, -0.2) is 4.39 Å². The van der Waals surface area contributed by atoms with Gasteiger partial charge in [0.05, 0.1) is 10.7 Å². The molecule has 1 N–H and O–H groups in total. The molecule has 2 atom stereocenters. The molecule has 0 spiro atoms. The summed E-state index contributed by atoms with van der Waals surface area (Å²) < 4.78 is 14.5. The van der Waals surface area contributed by atoms with Crippen molar-refractivity contribution in [2.45, 2.75) is 57.2 Å². The van der Waals surface area contributed by atoms with Crippen LogP contribution < -0.4 is 10.2 Å². The molecule has 22 heavy (non-hydrogen) atoms. The maximum absolute atomic E-state index is 14.5. The van der Waals surface area contributed by atoms with Crippen LogP contribution in [0, 0.1) is 5.82 Å². The fraction of sp³-hybridized carbons (Fsp3) is 0.588. The molecule has 1 aromatic carbocycles. The molecule has 1 heterocycles. The summed E-state index contributed by atoms with van der Waals surface area (Å²) in [5, 5.41) is 4.01. The van der Waals surface area contributed by atoms with Crippen molar-refractivity contribution in [1.82, 2.24) is 5.32 Å². The van der Waals surface area contributed by atoms with Gasteiger partial charge in [-0.1, -0.05) is 24.4 Å². The van der Waals surface area contributed by atoms with Gasteiger partial charge < -0.3 is 10.2 Å². The lowest BCUT2D eigenvalue weighted by Gasteiger charge is -2.52. The van der Waals surface area contributed by atoms with Crippen LogP contribution in [0.4, 0.5) is 10.1 Å². The average molecular weight is 325 g/mol. The minimum absolute atomic E-state index is 0.0826. The van der Waals surface area contributed by atoms with Crippen molar-refractivity contribution in [1.29, 1.82) is 0 Å². The van der Waals surface area contributed by atoms with Crippen LogP contribution in [-0.4, -0.2) is 30.5 Å². The molecule has 0 aromatic heterocycles. The van der Waals surface area contributed by atoms with E-state index in [-0.39, 0.29) is 23.0 Å². The molecular formula is C17H22ClFN2O. The van der Waals surface area contributed by atoms with Gasteiger partial charge in [0, 0.05) is 29.7 Å². The molecule has 0 bridgehead atoms. The van der Waals surface area contributed by atoms with Gasteiger partial charge in [-0.05, 0) is 38.8 Å². The lowest BCUT2D eigenvalue weighted by atomic mass is 9.83. The Balaban J connectivity index is 2.00. The topological polar surface area (TPSA) is 32.3 Å². The Kier molecular flexibility index (Phi) is 4.17. The molecule has 5 heteroatoms. The Hall–Kier alpha value is -1.13. The van der Waals surface area contributed by atoms with Crippen LogP contribution in [0.15, 0.2) is 12.1 Å². The highest BCUT2D eigenvalue weighted by molar-refractivity contribution is 6.33. The summed E-state index contributed by atoms with van der Waals surface area (Å²) in [6.07, 6.45) is 5.15. The van der Waals surface area contributed by atoms with E-state index in [1.807, 2.05) is 0 Å². The first-order valence-corrected chi connectivity index (χ1v) is 8.28. The van der Waals surface area contributed by atoms with Crippen LogP contribution in [0.1, 0.15) is 49.9 Å². The number of rotatable bonds is 2. The first-order valence-electron chi connectivity index (χ1n) is 7.90. The summed E-state index contributed by atoms with van der Waals surface area (Å²) in [5.41, 5.74) is 0.639. The summed E-state index contributed by atoms with van der Waals surface area (Å²) in [6, 6.07) is 3.52. The lowest BCUT2D eigenvalue weighted by molar-refractivity contribution is 0.112. The van der Waals surface area contributed by atoms with Crippen LogP contribution in [-0.2, 0) is 0 Å². The molecule has 1 aromatic rings. The molecule has 1 aliphatic carbocycles. The van der Waals surface area contributed by atoms with Crippen LogP contribution in [0.3, 0.4) is 0 Å². The van der Waals surface area contributed by atoms with E-state index in [1.54, 1.807) is 6.07 Å². The van der Waals surface area contributed by atoms with E-state index < -0.39 is 0 Å². The van der Waals surface area contributed by atoms with Crippen molar-refractivity contribution >= 4 is 23.6 Å². The molecule has 3 rings (SSSR count). The zero-order valence-electron chi connectivity index (χ0n) is 13.0. The highest BCUT2D eigenvalue weighted by Gasteiger charge is 2.41. The Morgan fingerprint density at radius 2 is 2.09 bits per heavy atom. The van der Waals surface area contributed by atoms with Gasteiger partial charge in [-0.3, -0.25) is 4.79 Å². The van der Waals surface area contributed by atoms with Crippen molar-refractivity contribution in [2.24, 2.45) is 0 Å². The molecule has 120 valence electrons. The summed E-state index contributed by atoms with van der Waals surface area (Å²) >= 11 is 6.13. The van der Waals surface area contributed by atoms with Crippen molar-refractivity contribution in [3.63, 3.8) is 0 Å². The van der Waals surface area contributed by atoms with Crippen LogP contribution in [0.25, 0.3) is 0 Å². The van der Waals surface area contributed by atoms with Gasteiger partial charge in [0.15, 0.2) is 6.29 Å². The van der Waals surface area contributed by atoms with Gasteiger partial charge >= 0.3 is 0 Å². The Bertz CT molecular complexity index is 590. The molecule has 0 amide bonds. The molecule has 1 saturated heterocycles. The van der Waals surface area contributed by atoms with Gasteiger partial charge in [0.1, 0.15) is 5.82 Å². The third kappa shape index (κ3) is 2.86. The highest BCUT2D eigenvalue weighted by atomic mass is 35.5. The first-order chi connectivity index (χ1) is 10.4. The first kappa shape index (κ1) is 15.8. The van der Waals surface area contributed by atoms with Crippen molar-refractivity contribution in [3.05, 3.63) is 28.5 Å². The second-order valence-electron chi connectivity index (χ2n) is 7.06. The molecule has 0 radical (unpaired) electrons. The van der Waals surface area contributed by atoms with Crippen LogP contribution in [0.2, 0.25) is 5.02 Å². The second kappa shape index (κ2) is 5.82. The molecule has 1 saturated carbocycles. The van der Waals surface area contributed by atoms with E-state index in [9.17, 15) is 9.18 Å². The molecule has 1 aliphatic heterocycles. The summed E-state index contributed by atoms with van der Waals surface area (Å²) in [4.78, 5) is 13.1. The monoisotopic (exact) mass is 324 g/mol. The number of fused-ring (bicyclic) bond motifs is 1. The summed E-state index contributed by atoms with van der Waals surface area (Å²) in [5.74, 6) is -0.367. The van der Waals surface area contributed by atoms with Crippen LogP contribution in [0.5, 0.6) is 0 Å². The van der Waals surface area contributed by atoms with Gasteiger partial charge in [0.25, 0.3) is 0 Å². The number of nitrogens with zero attached hydrogens (tertiary/aromatic N) is 1. The van der Waals surface area contributed by atoms with Gasteiger partial charge in [0.2, 0.25) is 0 Å². The molecule has 2 fully saturated rings. The Labute approximate surface area is 135 Å². The smallest absolute Gasteiger partial charge is 0.151 e. The number of carbonyl (C=O) groups is 1. The molecule has 0 unspecified atom stereocenters. The normalized spacial score (nSPS) is 27.4. The van der Waals surface area contributed by atoms with E-state index in [0.29, 0.717) is 23.0 Å². The molecule has 3 nitrogen and oxygen atoms in total. The van der Waals surface area contributed by atoms with E-state index >= 15 is 0 Å². The predicted molar refractivity (Wildman–Crippen MR) is 87.4 cm³/mol. The molecule has 2 aliphatic rings. The number of anilines is 1. The maximum atomic E-state index is 14.5. The lowest BCUT2D eigenvalue weighted by Crippen LogP contribution is -2.67. The number of piperazine rings is 1. The number of aldehydes is 1. The third-order valence-corrected chi connectivity index (χ3v) is 5.10. The Morgan fingerprint density at radius 3 is 2.82 bits per heavy atom. The number of carbonyl (C=O) groups excluding carboxylic acids is 1. The summed E-state index contributed by atoms with van der Waals surface area (Å²) in [6.45, 7) is 5.01. The quantitative estimate of drug-likeness (QED) is 0.840. The standard InChI is InChI=1S/C17H22ClFN2O/c1-17(2)10-21(15-6-4-3-5-14(15)20-17)16-8-12(18)11(9-22)7-13(16)19/h7-9,14-15,20H,3-6,10H2,1-2H3/t14-,15-/m1/s1. The maximum Gasteiger partial charge on any atom is 0.151 e. The van der Waals surface area contributed by atoms with Crippen LogP contribution >= 0.6 is 11.6 Å². The van der Waals surface area contributed by atoms with E-state index in [0.717, 1.165) is 19.4 Å². The number of benzene rings is 1. The molecular weight excluding hydrogens is 303 g/mol. The van der Waals surface area contributed by atoms with Crippen molar-refractivity contribution in [2.75, 3.05) is 11.4 Å². The highest BCUT2D eigenvalue weighted by Crippen LogP contribution is 2.36. The third-order valence-electron chi connectivity index (χ3n) is 4.77. The minimum Gasteiger partial charge on any atom is -0.363 e. The average Bonchev–Trinajstić information content (AvgIpc) is 2.47.